The van der Waals surface area contributed by atoms with Gasteiger partial charge in [0.2, 0.25) is 0 Å². The van der Waals surface area contributed by atoms with E-state index in [1.54, 1.807) is 30.3 Å². The third-order valence-corrected chi connectivity index (χ3v) is 2.57. The zero-order chi connectivity index (χ0) is 13.8. The van der Waals surface area contributed by atoms with Gasteiger partial charge in [0, 0.05) is 11.8 Å². The molecule has 0 fully saturated rings. The second kappa shape index (κ2) is 5.39. The van der Waals surface area contributed by atoms with E-state index in [4.69, 9.17) is 0 Å². The van der Waals surface area contributed by atoms with Crippen molar-refractivity contribution in [3.63, 3.8) is 0 Å². The Morgan fingerprint density at radius 2 is 1.84 bits per heavy atom. The van der Waals surface area contributed by atoms with Crippen LogP contribution in [0.1, 0.15) is 11.6 Å². The van der Waals surface area contributed by atoms with Crippen LogP contribution < -0.4 is 5.32 Å². The molecule has 0 aromatic heterocycles. The quantitative estimate of drug-likeness (QED) is 0.791. The van der Waals surface area contributed by atoms with Crippen LogP contribution >= 0.6 is 0 Å². The van der Waals surface area contributed by atoms with Crippen molar-refractivity contribution in [2.45, 2.75) is 6.04 Å². The number of rotatable bonds is 4. The summed E-state index contributed by atoms with van der Waals surface area (Å²) in [7, 11) is 0. The molecule has 2 aromatic rings. The van der Waals surface area contributed by atoms with Gasteiger partial charge >= 0.3 is 5.97 Å². The minimum Gasteiger partial charge on any atom is -0.508 e. The molecule has 0 saturated carbocycles. The summed E-state index contributed by atoms with van der Waals surface area (Å²) in [6.45, 7) is 0. The Labute approximate surface area is 109 Å². The standard InChI is InChI=1S/C14H12FNO3/c15-10-6-9(7-12(17)8-10)13(14(18)19)16-11-4-2-1-3-5-11/h1-8,13,16-17H,(H,18,19). The fraction of sp³-hybridized carbons (Fsp3) is 0.0714. The number of halogens is 1. The van der Waals surface area contributed by atoms with E-state index in [9.17, 15) is 19.4 Å². The molecule has 1 unspecified atom stereocenters. The van der Waals surface area contributed by atoms with Gasteiger partial charge in [-0.15, -0.1) is 0 Å². The third kappa shape index (κ3) is 3.22. The fourth-order valence-electron chi connectivity index (χ4n) is 1.75. The lowest BCUT2D eigenvalue weighted by Crippen LogP contribution is -2.20. The highest BCUT2D eigenvalue weighted by atomic mass is 19.1. The maximum absolute atomic E-state index is 13.2. The molecular weight excluding hydrogens is 249 g/mol. The summed E-state index contributed by atoms with van der Waals surface area (Å²) in [5, 5.41) is 21.3. The zero-order valence-corrected chi connectivity index (χ0v) is 9.88. The van der Waals surface area contributed by atoms with Gasteiger partial charge in [0.15, 0.2) is 6.04 Å². The van der Waals surface area contributed by atoms with Crippen molar-refractivity contribution >= 4 is 11.7 Å². The number of benzene rings is 2. The molecule has 0 saturated heterocycles. The van der Waals surface area contributed by atoms with Gasteiger partial charge in [0.25, 0.3) is 0 Å². The van der Waals surface area contributed by atoms with E-state index in [0.29, 0.717) is 5.69 Å². The van der Waals surface area contributed by atoms with Crippen molar-refractivity contribution in [2.24, 2.45) is 0 Å². The average Bonchev–Trinajstić information content (AvgIpc) is 2.35. The van der Waals surface area contributed by atoms with Gasteiger partial charge in [0.05, 0.1) is 0 Å². The molecule has 0 amide bonds. The van der Waals surface area contributed by atoms with E-state index >= 15 is 0 Å². The van der Waals surface area contributed by atoms with Gasteiger partial charge in [-0.2, -0.15) is 0 Å². The van der Waals surface area contributed by atoms with E-state index in [2.05, 4.69) is 5.32 Å². The topological polar surface area (TPSA) is 69.6 Å². The SMILES string of the molecule is O=C(O)C(Nc1ccccc1)c1cc(O)cc(F)c1. The number of carboxylic acid groups (broad SMARTS) is 1. The molecule has 4 nitrogen and oxygen atoms in total. The lowest BCUT2D eigenvalue weighted by molar-refractivity contribution is -0.138. The van der Waals surface area contributed by atoms with E-state index in [0.717, 1.165) is 12.1 Å². The molecule has 19 heavy (non-hydrogen) atoms. The Kier molecular flexibility index (Phi) is 3.66. The predicted octanol–water partition coefficient (Wildman–Crippen LogP) is 2.77. The van der Waals surface area contributed by atoms with Crippen molar-refractivity contribution in [3.8, 4) is 5.75 Å². The van der Waals surface area contributed by atoms with Crippen LogP contribution in [0, 0.1) is 5.82 Å². The molecule has 0 radical (unpaired) electrons. The maximum Gasteiger partial charge on any atom is 0.330 e. The monoisotopic (exact) mass is 261 g/mol. The summed E-state index contributed by atoms with van der Waals surface area (Å²) in [4.78, 5) is 11.3. The Bertz CT molecular complexity index is 566. The molecule has 98 valence electrons. The average molecular weight is 261 g/mol. The molecule has 0 bridgehead atoms. The van der Waals surface area contributed by atoms with Crippen LogP contribution in [-0.4, -0.2) is 16.2 Å². The molecular formula is C14H12FNO3. The number of phenolic OH excluding ortho intramolecular Hbond substituents is 1. The Morgan fingerprint density at radius 3 is 2.42 bits per heavy atom. The summed E-state index contributed by atoms with van der Waals surface area (Å²) in [6, 6.07) is 10.8. The minimum absolute atomic E-state index is 0.147. The van der Waals surface area contributed by atoms with Crippen LogP contribution in [0.15, 0.2) is 48.5 Å². The Morgan fingerprint density at radius 1 is 1.16 bits per heavy atom. The van der Waals surface area contributed by atoms with Gasteiger partial charge in [-0.05, 0) is 29.8 Å². The van der Waals surface area contributed by atoms with E-state index < -0.39 is 17.8 Å². The summed E-state index contributed by atoms with van der Waals surface area (Å²) in [5.74, 6) is -2.15. The predicted molar refractivity (Wildman–Crippen MR) is 68.5 cm³/mol. The minimum atomic E-state index is -1.16. The zero-order valence-electron chi connectivity index (χ0n) is 9.88. The third-order valence-electron chi connectivity index (χ3n) is 2.57. The van der Waals surface area contributed by atoms with Gasteiger partial charge in [0.1, 0.15) is 11.6 Å². The number of phenols is 1. The highest BCUT2D eigenvalue weighted by molar-refractivity contribution is 5.79. The molecule has 5 heteroatoms. The molecule has 3 N–H and O–H groups in total. The number of para-hydroxylation sites is 1. The van der Waals surface area contributed by atoms with Crippen molar-refractivity contribution < 1.29 is 19.4 Å². The fourth-order valence-corrected chi connectivity index (χ4v) is 1.75. The number of aliphatic carboxylic acids is 1. The van der Waals surface area contributed by atoms with E-state index in [-0.39, 0.29) is 11.3 Å². The molecule has 0 spiro atoms. The second-order valence-electron chi connectivity index (χ2n) is 4.02. The van der Waals surface area contributed by atoms with E-state index in [1.807, 2.05) is 0 Å². The summed E-state index contributed by atoms with van der Waals surface area (Å²) in [5.41, 5.74) is 0.743. The van der Waals surface area contributed by atoms with Crippen LogP contribution in [0.4, 0.5) is 10.1 Å². The first-order chi connectivity index (χ1) is 9.06. The van der Waals surface area contributed by atoms with Crippen molar-refractivity contribution in [1.82, 2.24) is 0 Å². The summed E-state index contributed by atoms with van der Waals surface area (Å²) < 4.78 is 13.2. The largest absolute Gasteiger partial charge is 0.508 e. The Hall–Kier alpha value is -2.56. The maximum atomic E-state index is 13.2. The first-order valence-corrected chi connectivity index (χ1v) is 5.60. The smallest absolute Gasteiger partial charge is 0.330 e. The molecule has 0 aliphatic carbocycles. The van der Waals surface area contributed by atoms with Crippen LogP contribution in [0.5, 0.6) is 5.75 Å². The number of anilines is 1. The molecule has 0 aliphatic heterocycles. The number of nitrogens with one attached hydrogen (secondary N) is 1. The van der Waals surface area contributed by atoms with Crippen LogP contribution in [0.3, 0.4) is 0 Å². The van der Waals surface area contributed by atoms with Crippen molar-refractivity contribution in [1.29, 1.82) is 0 Å². The van der Waals surface area contributed by atoms with Gasteiger partial charge in [-0.3, -0.25) is 0 Å². The van der Waals surface area contributed by atoms with Crippen LogP contribution in [-0.2, 0) is 4.79 Å². The molecule has 0 heterocycles. The number of aromatic hydroxyl groups is 1. The number of hydrogen-bond donors (Lipinski definition) is 3. The summed E-state index contributed by atoms with van der Waals surface area (Å²) >= 11 is 0. The lowest BCUT2D eigenvalue weighted by atomic mass is 10.1. The molecule has 1 atom stereocenters. The van der Waals surface area contributed by atoms with Gasteiger partial charge in [-0.1, -0.05) is 18.2 Å². The number of carboxylic acids is 1. The van der Waals surface area contributed by atoms with Gasteiger partial charge in [-0.25, -0.2) is 9.18 Å². The lowest BCUT2D eigenvalue weighted by Gasteiger charge is -2.16. The highest BCUT2D eigenvalue weighted by Crippen LogP contribution is 2.24. The first-order valence-electron chi connectivity index (χ1n) is 5.60. The molecule has 2 rings (SSSR count). The summed E-state index contributed by atoms with van der Waals surface area (Å²) in [6.07, 6.45) is 0. The highest BCUT2D eigenvalue weighted by Gasteiger charge is 2.20. The van der Waals surface area contributed by atoms with Gasteiger partial charge < -0.3 is 15.5 Å². The van der Waals surface area contributed by atoms with Crippen LogP contribution in [0.25, 0.3) is 0 Å². The van der Waals surface area contributed by atoms with Crippen molar-refractivity contribution in [2.75, 3.05) is 5.32 Å². The Balaban J connectivity index is 2.32. The molecule has 2 aromatic carbocycles. The van der Waals surface area contributed by atoms with E-state index in [1.165, 1.54) is 6.07 Å². The number of carbonyl (C=O) groups is 1. The van der Waals surface area contributed by atoms with Crippen LogP contribution in [0.2, 0.25) is 0 Å². The first kappa shape index (κ1) is 12.9. The van der Waals surface area contributed by atoms with Crippen molar-refractivity contribution in [3.05, 3.63) is 59.9 Å². The number of hydrogen-bond acceptors (Lipinski definition) is 3. The second-order valence-corrected chi connectivity index (χ2v) is 4.02. The molecule has 0 aliphatic rings. The normalized spacial score (nSPS) is 11.8.